The summed E-state index contributed by atoms with van der Waals surface area (Å²) in [5, 5.41) is 5.11. The molecule has 2 aromatic rings. The first kappa shape index (κ1) is 12.6. The van der Waals surface area contributed by atoms with Crippen molar-refractivity contribution in [1.82, 2.24) is 14.8 Å². The van der Waals surface area contributed by atoms with Crippen LogP contribution in [0.15, 0.2) is 30.6 Å². The number of benzene rings is 1. The van der Waals surface area contributed by atoms with Gasteiger partial charge in [0.15, 0.2) is 0 Å². The molecule has 0 aliphatic carbocycles. The summed E-state index contributed by atoms with van der Waals surface area (Å²) >= 11 is 6.20. The van der Waals surface area contributed by atoms with E-state index in [2.05, 4.69) is 10.1 Å². The molecule has 0 saturated carbocycles. The second-order valence-electron chi connectivity index (χ2n) is 4.75. The van der Waals surface area contributed by atoms with E-state index >= 15 is 0 Å². The van der Waals surface area contributed by atoms with E-state index in [-0.39, 0.29) is 0 Å². The molecule has 0 amide bonds. The van der Waals surface area contributed by atoms with Crippen LogP contribution in [0.1, 0.15) is 30.1 Å². The van der Waals surface area contributed by atoms with Crippen molar-refractivity contribution < 1.29 is 4.74 Å². The molecule has 1 aliphatic rings. The molecule has 19 heavy (non-hydrogen) atoms. The highest BCUT2D eigenvalue weighted by Gasteiger charge is 2.21. The highest BCUT2D eigenvalue weighted by Crippen LogP contribution is 2.26. The van der Waals surface area contributed by atoms with Gasteiger partial charge in [0.2, 0.25) is 0 Å². The van der Waals surface area contributed by atoms with E-state index in [9.17, 15) is 0 Å². The molecule has 1 fully saturated rings. The van der Waals surface area contributed by atoms with Crippen molar-refractivity contribution in [3.63, 3.8) is 0 Å². The number of hydrogen-bond donors (Lipinski definition) is 0. The zero-order valence-corrected chi connectivity index (χ0v) is 11.4. The molecule has 3 rings (SSSR count). The van der Waals surface area contributed by atoms with Gasteiger partial charge in [-0.05, 0) is 24.5 Å². The van der Waals surface area contributed by atoms with Crippen molar-refractivity contribution in [2.75, 3.05) is 13.2 Å². The van der Waals surface area contributed by atoms with Crippen LogP contribution in [0.25, 0.3) is 0 Å². The summed E-state index contributed by atoms with van der Waals surface area (Å²) < 4.78 is 7.35. The van der Waals surface area contributed by atoms with Gasteiger partial charge in [-0.1, -0.05) is 29.8 Å². The molecule has 0 atom stereocenters. The molecule has 2 heterocycles. The number of aromatic nitrogens is 3. The minimum atomic E-state index is 0.443. The monoisotopic (exact) mass is 277 g/mol. The number of nitrogens with zero attached hydrogens (tertiary/aromatic N) is 3. The fourth-order valence-electron chi connectivity index (χ4n) is 2.45. The molecule has 0 bridgehead atoms. The van der Waals surface area contributed by atoms with Crippen molar-refractivity contribution in [3.05, 3.63) is 47.0 Å². The van der Waals surface area contributed by atoms with Gasteiger partial charge in [0.1, 0.15) is 12.2 Å². The first-order valence-corrected chi connectivity index (χ1v) is 6.91. The molecule has 100 valence electrons. The zero-order valence-electron chi connectivity index (χ0n) is 10.6. The molecule has 0 N–H and O–H groups in total. The van der Waals surface area contributed by atoms with Gasteiger partial charge in [-0.2, -0.15) is 5.10 Å². The van der Waals surface area contributed by atoms with Gasteiger partial charge in [-0.15, -0.1) is 0 Å². The Morgan fingerprint density at radius 2 is 2.05 bits per heavy atom. The van der Waals surface area contributed by atoms with Crippen molar-refractivity contribution in [2.45, 2.75) is 25.3 Å². The topological polar surface area (TPSA) is 39.9 Å². The van der Waals surface area contributed by atoms with Crippen LogP contribution in [0, 0.1) is 0 Å². The molecule has 0 spiro atoms. The van der Waals surface area contributed by atoms with E-state index < -0.39 is 0 Å². The highest BCUT2D eigenvalue weighted by molar-refractivity contribution is 6.31. The average molecular weight is 278 g/mol. The van der Waals surface area contributed by atoms with Crippen LogP contribution in [0.5, 0.6) is 0 Å². The Balaban J connectivity index is 1.82. The Hall–Kier alpha value is -1.39. The molecule has 1 aliphatic heterocycles. The van der Waals surface area contributed by atoms with E-state index in [4.69, 9.17) is 16.3 Å². The zero-order chi connectivity index (χ0) is 13.1. The fourth-order valence-corrected chi connectivity index (χ4v) is 2.65. The lowest BCUT2D eigenvalue weighted by Gasteiger charge is -2.21. The SMILES string of the molecule is Clc1ccccc1Cn1ncnc1C1CCOCC1. The van der Waals surface area contributed by atoms with Crippen LogP contribution >= 0.6 is 11.6 Å². The van der Waals surface area contributed by atoms with Gasteiger partial charge in [-0.25, -0.2) is 9.67 Å². The fraction of sp³-hybridized carbons (Fsp3) is 0.429. The molecule has 1 aromatic heterocycles. The summed E-state index contributed by atoms with van der Waals surface area (Å²) in [6, 6.07) is 7.86. The van der Waals surface area contributed by atoms with E-state index in [1.165, 1.54) is 0 Å². The molecule has 0 unspecified atom stereocenters. The maximum absolute atomic E-state index is 6.20. The quantitative estimate of drug-likeness (QED) is 0.866. The largest absolute Gasteiger partial charge is 0.381 e. The predicted octanol–water partition coefficient (Wildman–Crippen LogP) is 2.87. The number of hydrogen-bond acceptors (Lipinski definition) is 3. The minimum Gasteiger partial charge on any atom is -0.381 e. The number of rotatable bonds is 3. The third-order valence-electron chi connectivity index (χ3n) is 3.51. The second kappa shape index (κ2) is 5.72. The van der Waals surface area contributed by atoms with Crippen LogP contribution < -0.4 is 0 Å². The lowest BCUT2D eigenvalue weighted by atomic mass is 9.99. The normalized spacial score (nSPS) is 16.7. The maximum Gasteiger partial charge on any atom is 0.138 e. The summed E-state index contributed by atoms with van der Waals surface area (Å²) in [5.74, 6) is 1.49. The van der Waals surface area contributed by atoms with Gasteiger partial charge in [-0.3, -0.25) is 0 Å². The predicted molar refractivity (Wildman–Crippen MR) is 73.4 cm³/mol. The first-order valence-electron chi connectivity index (χ1n) is 6.53. The van der Waals surface area contributed by atoms with Gasteiger partial charge < -0.3 is 4.74 Å². The Morgan fingerprint density at radius 1 is 1.26 bits per heavy atom. The number of ether oxygens (including phenoxy) is 1. The van der Waals surface area contributed by atoms with Crippen LogP contribution in [-0.2, 0) is 11.3 Å². The van der Waals surface area contributed by atoms with Crippen LogP contribution in [0.3, 0.4) is 0 Å². The molecule has 1 aromatic carbocycles. The smallest absolute Gasteiger partial charge is 0.138 e. The summed E-state index contributed by atoms with van der Waals surface area (Å²) in [4.78, 5) is 4.42. The van der Waals surface area contributed by atoms with Gasteiger partial charge in [0.25, 0.3) is 0 Å². The van der Waals surface area contributed by atoms with Crippen molar-refractivity contribution in [1.29, 1.82) is 0 Å². The Labute approximate surface area is 117 Å². The number of halogens is 1. The lowest BCUT2D eigenvalue weighted by molar-refractivity contribution is 0.0827. The van der Waals surface area contributed by atoms with E-state index in [1.54, 1.807) is 6.33 Å². The molecule has 0 radical (unpaired) electrons. The van der Waals surface area contributed by atoms with Crippen molar-refractivity contribution in [3.8, 4) is 0 Å². The lowest BCUT2D eigenvalue weighted by Crippen LogP contribution is -2.19. The Bertz CT molecular complexity index is 549. The van der Waals surface area contributed by atoms with Gasteiger partial charge in [0.05, 0.1) is 6.54 Å². The second-order valence-corrected chi connectivity index (χ2v) is 5.16. The average Bonchev–Trinajstić information content (AvgIpc) is 2.91. The van der Waals surface area contributed by atoms with E-state index in [0.29, 0.717) is 12.5 Å². The van der Waals surface area contributed by atoms with Gasteiger partial charge >= 0.3 is 0 Å². The summed E-state index contributed by atoms with van der Waals surface area (Å²) in [6.45, 7) is 2.29. The van der Waals surface area contributed by atoms with Gasteiger partial charge in [0, 0.05) is 24.2 Å². The Morgan fingerprint density at radius 3 is 2.84 bits per heavy atom. The van der Waals surface area contributed by atoms with Crippen molar-refractivity contribution in [2.24, 2.45) is 0 Å². The third kappa shape index (κ3) is 2.80. The summed E-state index contributed by atoms with van der Waals surface area (Å²) in [6.07, 6.45) is 3.66. The van der Waals surface area contributed by atoms with Crippen LogP contribution in [0.2, 0.25) is 5.02 Å². The van der Waals surface area contributed by atoms with Crippen LogP contribution in [-0.4, -0.2) is 28.0 Å². The standard InChI is InChI=1S/C14H16ClN3O/c15-13-4-2-1-3-12(13)9-18-14(16-10-17-18)11-5-7-19-8-6-11/h1-4,10-11H,5-9H2. The van der Waals surface area contributed by atoms with E-state index in [0.717, 1.165) is 42.5 Å². The van der Waals surface area contributed by atoms with E-state index in [1.807, 2.05) is 28.9 Å². The highest BCUT2D eigenvalue weighted by atomic mass is 35.5. The molecular weight excluding hydrogens is 262 g/mol. The van der Waals surface area contributed by atoms with Crippen molar-refractivity contribution >= 4 is 11.6 Å². The summed E-state index contributed by atoms with van der Waals surface area (Å²) in [7, 11) is 0. The van der Waals surface area contributed by atoms with Crippen LogP contribution in [0.4, 0.5) is 0 Å². The minimum absolute atomic E-state index is 0.443. The summed E-state index contributed by atoms with van der Waals surface area (Å²) in [5.41, 5.74) is 1.07. The third-order valence-corrected chi connectivity index (χ3v) is 3.88. The maximum atomic E-state index is 6.20. The Kier molecular flexibility index (Phi) is 3.80. The molecule has 5 heteroatoms. The molecule has 1 saturated heterocycles. The molecular formula is C14H16ClN3O. The molecule has 4 nitrogen and oxygen atoms in total. The first-order chi connectivity index (χ1) is 9.34.